The van der Waals surface area contributed by atoms with Crippen molar-refractivity contribution in [3.63, 3.8) is 0 Å². The van der Waals surface area contributed by atoms with Crippen LogP contribution in [0.4, 0.5) is 0 Å². The van der Waals surface area contributed by atoms with Gasteiger partial charge in [0, 0.05) is 31.0 Å². The first-order valence-corrected chi connectivity index (χ1v) is 8.60. The predicted molar refractivity (Wildman–Crippen MR) is 95.7 cm³/mol. The first kappa shape index (κ1) is 16.7. The molecular weight excluding hydrogens is 298 g/mol. The van der Waals surface area contributed by atoms with Crippen LogP contribution in [0.3, 0.4) is 0 Å². The Morgan fingerprint density at radius 1 is 1.12 bits per heavy atom. The molecule has 3 rings (SSSR count). The Morgan fingerprint density at radius 2 is 1.83 bits per heavy atom. The van der Waals surface area contributed by atoms with E-state index in [9.17, 15) is 4.79 Å². The Labute approximate surface area is 144 Å². The molecule has 0 radical (unpaired) electrons. The number of carbonyl (C=O) groups excluding carboxylic acids is 1. The van der Waals surface area contributed by atoms with E-state index in [4.69, 9.17) is 0 Å². The zero-order valence-corrected chi connectivity index (χ0v) is 14.5. The van der Waals surface area contributed by atoms with Crippen molar-refractivity contribution in [2.75, 3.05) is 20.6 Å². The summed E-state index contributed by atoms with van der Waals surface area (Å²) in [6.07, 6.45) is 6.64. The van der Waals surface area contributed by atoms with Gasteiger partial charge in [0.15, 0.2) is 0 Å². The van der Waals surface area contributed by atoms with E-state index in [-0.39, 0.29) is 11.9 Å². The molecule has 1 aromatic heterocycles. The molecule has 0 spiro atoms. The third kappa shape index (κ3) is 3.82. The Balaban J connectivity index is 1.80. The van der Waals surface area contributed by atoms with Crippen molar-refractivity contribution < 1.29 is 4.79 Å². The SMILES string of the molecule is CN(C)Cc1ccc([C@H]2CCCCN2C(=O)c2ccncc2)cc1. The molecule has 1 saturated heterocycles. The number of aromatic nitrogens is 1. The van der Waals surface area contributed by atoms with Gasteiger partial charge in [-0.2, -0.15) is 0 Å². The summed E-state index contributed by atoms with van der Waals surface area (Å²) >= 11 is 0. The maximum Gasteiger partial charge on any atom is 0.254 e. The number of hydrogen-bond donors (Lipinski definition) is 0. The zero-order chi connectivity index (χ0) is 16.9. The van der Waals surface area contributed by atoms with Gasteiger partial charge in [0.25, 0.3) is 5.91 Å². The average molecular weight is 323 g/mol. The highest BCUT2D eigenvalue weighted by atomic mass is 16.2. The van der Waals surface area contributed by atoms with Crippen LogP contribution in [0.2, 0.25) is 0 Å². The fourth-order valence-electron chi connectivity index (χ4n) is 3.39. The minimum absolute atomic E-state index is 0.111. The lowest BCUT2D eigenvalue weighted by molar-refractivity contribution is 0.0611. The van der Waals surface area contributed by atoms with Gasteiger partial charge in [-0.15, -0.1) is 0 Å². The van der Waals surface area contributed by atoms with Crippen molar-refractivity contribution in [2.24, 2.45) is 0 Å². The number of pyridine rings is 1. The quantitative estimate of drug-likeness (QED) is 0.864. The van der Waals surface area contributed by atoms with Crippen LogP contribution in [0, 0.1) is 0 Å². The second-order valence-corrected chi connectivity index (χ2v) is 6.73. The molecule has 126 valence electrons. The molecule has 0 unspecified atom stereocenters. The molecule has 1 amide bonds. The van der Waals surface area contributed by atoms with E-state index < -0.39 is 0 Å². The Bertz CT molecular complexity index is 667. The third-order valence-corrected chi connectivity index (χ3v) is 4.55. The van der Waals surface area contributed by atoms with Crippen molar-refractivity contribution >= 4 is 5.91 Å². The van der Waals surface area contributed by atoms with E-state index in [0.29, 0.717) is 0 Å². The molecule has 24 heavy (non-hydrogen) atoms. The van der Waals surface area contributed by atoms with E-state index in [1.807, 2.05) is 4.90 Å². The van der Waals surface area contributed by atoms with Crippen LogP contribution in [0.15, 0.2) is 48.8 Å². The summed E-state index contributed by atoms with van der Waals surface area (Å²) in [4.78, 5) is 21.1. The summed E-state index contributed by atoms with van der Waals surface area (Å²) in [5.74, 6) is 0.111. The molecule has 1 aliphatic rings. The second-order valence-electron chi connectivity index (χ2n) is 6.73. The maximum atomic E-state index is 12.9. The largest absolute Gasteiger partial charge is 0.332 e. The molecule has 1 atom stereocenters. The molecule has 4 nitrogen and oxygen atoms in total. The number of benzene rings is 1. The highest BCUT2D eigenvalue weighted by Crippen LogP contribution is 2.32. The normalized spacial score (nSPS) is 18.0. The first-order valence-electron chi connectivity index (χ1n) is 8.60. The third-order valence-electron chi connectivity index (χ3n) is 4.55. The minimum atomic E-state index is 0.111. The standard InChI is InChI=1S/C20H25N3O/c1-22(2)15-16-6-8-17(9-7-16)19-5-3-4-14-23(19)20(24)18-10-12-21-13-11-18/h6-13,19H,3-5,14-15H2,1-2H3/t19-/m1/s1. The summed E-state index contributed by atoms with van der Waals surface area (Å²) in [6, 6.07) is 12.5. The predicted octanol–water partition coefficient (Wildman–Crippen LogP) is 3.51. The lowest BCUT2D eigenvalue weighted by Gasteiger charge is -2.36. The van der Waals surface area contributed by atoms with Crippen LogP contribution < -0.4 is 0 Å². The Morgan fingerprint density at radius 3 is 2.50 bits per heavy atom. The Kier molecular flexibility index (Phi) is 5.26. The van der Waals surface area contributed by atoms with Crippen LogP contribution in [0.25, 0.3) is 0 Å². The molecule has 0 bridgehead atoms. The molecule has 1 aromatic carbocycles. The highest BCUT2D eigenvalue weighted by molar-refractivity contribution is 5.94. The van der Waals surface area contributed by atoms with Crippen molar-refractivity contribution in [3.05, 3.63) is 65.5 Å². The molecule has 1 aliphatic heterocycles. The molecule has 0 saturated carbocycles. The fourth-order valence-corrected chi connectivity index (χ4v) is 3.39. The second kappa shape index (κ2) is 7.58. The van der Waals surface area contributed by atoms with E-state index >= 15 is 0 Å². The number of amides is 1. The molecule has 0 N–H and O–H groups in total. The molecule has 2 aromatic rings. The number of rotatable bonds is 4. The molecule has 2 heterocycles. The smallest absolute Gasteiger partial charge is 0.254 e. The van der Waals surface area contributed by atoms with Gasteiger partial charge in [-0.05, 0) is 56.6 Å². The van der Waals surface area contributed by atoms with Crippen molar-refractivity contribution in [1.29, 1.82) is 0 Å². The molecule has 1 fully saturated rings. The van der Waals surface area contributed by atoms with Crippen LogP contribution in [0.5, 0.6) is 0 Å². The van der Waals surface area contributed by atoms with Gasteiger partial charge in [-0.3, -0.25) is 9.78 Å². The fraction of sp³-hybridized carbons (Fsp3) is 0.400. The summed E-state index contributed by atoms with van der Waals surface area (Å²) < 4.78 is 0. The first-order chi connectivity index (χ1) is 11.6. The van der Waals surface area contributed by atoms with Gasteiger partial charge < -0.3 is 9.80 Å². The number of nitrogens with zero attached hydrogens (tertiary/aromatic N) is 3. The Hall–Kier alpha value is -2.20. The van der Waals surface area contributed by atoms with E-state index in [2.05, 4.69) is 48.2 Å². The monoisotopic (exact) mass is 323 g/mol. The summed E-state index contributed by atoms with van der Waals surface area (Å²) in [7, 11) is 4.15. The number of likely N-dealkylation sites (tertiary alicyclic amines) is 1. The minimum Gasteiger partial charge on any atom is -0.332 e. The lowest BCUT2D eigenvalue weighted by Crippen LogP contribution is -2.38. The van der Waals surface area contributed by atoms with Gasteiger partial charge in [-0.25, -0.2) is 0 Å². The molecule has 4 heteroatoms. The van der Waals surface area contributed by atoms with Gasteiger partial charge in [0.05, 0.1) is 6.04 Å². The van der Waals surface area contributed by atoms with Crippen molar-refractivity contribution in [2.45, 2.75) is 31.8 Å². The van der Waals surface area contributed by atoms with Gasteiger partial charge in [0.1, 0.15) is 0 Å². The molecule has 0 aliphatic carbocycles. The topological polar surface area (TPSA) is 36.4 Å². The highest BCUT2D eigenvalue weighted by Gasteiger charge is 2.28. The number of piperidine rings is 1. The number of hydrogen-bond acceptors (Lipinski definition) is 3. The summed E-state index contributed by atoms with van der Waals surface area (Å²) in [6.45, 7) is 1.76. The van der Waals surface area contributed by atoms with E-state index in [0.717, 1.165) is 31.5 Å². The summed E-state index contributed by atoms with van der Waals surface area (Å²) in [5.41, 5.74) is 3.26. The van der Waals surface area contributed by atoms with Crippen molar-refractivity contribution in [1.82, 2.24) is 14.8 Å². The average Bonchev–Trinajstić information content (AvgIpc) is 2.62. The summed E-state index contributed by atoms with van der Waals surface area (Å²) in [5, 5.41) is 0. The van der Waals surface area contributed by atoms with Crippen LogP contribution in [-0.2, 0) is 6.54 Å². The van der Waals surface area contributed by atoms with Crippen LogP contribution in [-0.4, -0.2) is 41.3 Å². The van der Waals surface area contributed by atoms with Gasteiger partial charge in [0.2, 0.25) is 0 Å². The lowest BCUT2D eigenvalue weighted by atomic mass is 9.94. The van der Waals surface area contributed by atoms with Crippen LogP contribution >= 0.6 is 0 Å². The number of carbonyl (C=O) groups is 1. The zero-order valence-electron chi connectivity index (χ0n) is 14.5. The van der Waals surface area contributed by atoms with Gasteiger partial charge in [-0.1, -0.05) is 24.3 Å². The van der Waals surface area contributed by atoms with E-state index in [1.165, 1.54) is 17.5 Å². The molecular formula is C20H25N3O. The van der Waals surface area contributed by atoms with Crippen LogP contribution in [0.1, 0.15) is 46.8 Å². The van der Waals surface area contributed by atoms with Crippen molar-refractivity contribution in [3.8, 4) is 0 Å². The van der Waals surface area contributed by atoms with Gasteiger partial charge >= 0.3 is 0 Å². The van der Waals surface area contributed by atoms with E-state index in [1.54, 1.807) is 24.5 Å². The maximum absolute atomic E-state index is 12.9.